The Morgan fingerprint density at radius 1 is 0.979 bits per heavy atom. The minimum Gasteiger partial charge on any atom is -0.363 e. The van der Waals surface area contributed by atoms with E-state index in [1.807, 2.05) is 4.90 Å². The summed E-state index contributed by atoms with van der Waals surface area (Å²) >= 11 is 0. The summed E-state index contributed by atoms with van der Waals surface area (Å²) in [6, 6.07) is 4.58. The second-order valence-corrected chi connectivity index (χ2v) is 15.8. The Labute approximate surface area is 272 Å². The molecule has 2 fully saturated rings. The minimum absolute atomic E-state index is 0.00510. The van der Waals surface area contributed by atoms with Crippen LogP contribution in [0.15, 0.2) is 35.4 Å². The number of pyridine rings is 1. The summed E-state index contributed by atoms with van der Waals surface area (Å²) in [5.74, 6) is -5.43. The number of fused-ring (bicyclic) bond motifs is 8. The van der Waals surface area contributed by atoms with Crippen LogP contribution in [0, 0.1) is 11.7 Å². The average molecular weight is 678 g/mol. The Balaban J connectivity index is 1.44. The number of halogens is 4. The first-order valence-corrected chi connectivity index (χ1v) is 18.6. The van der Waals surface area contributed by atoms with E-state index in [0.717, 1.165) is 12.5 Å². The molecule has 0 saturated carbocycles. The van der Waals surface area contributed by atoms with E-state index in [1.165, 1.54) is 25.4 Å². The summed E-state index contributed by atoms with van der Waals surface area (Å²) in [7, 11) is -3.16. The summed E-state index contributed by atoms with van der Waals surface area (Å²) < 4.78 is 88.8. The molecule has 0 spiro atoms. The zero-order valence-corrected chi connectivity index (χ0v) is 27.7. The molecule has 0 aliphatic carbocycles. The molecule has 2 unspecified atom stereocenters. The van der Waals surface area contributed by atoms with Crippen LogP contribution in [-0.4, -0.2) is 64.7 Å². The Morgan fingerprint density at radius 3 is 2.40 bits per heavy atom. The van der Waals surface area contributed by atoms with Crippen molar-refractivity contribution in [2.24, 2.45) is 5.92 Å². The molecule has 13 heteroatoms. The minimum atomic E-state index is -3.41. The lowest BCUT2D eigenvalue weighted by molar-refractivity contribution is -0.0933. The van der Waals surface area contributed by atoms with Gasteiger partial charge in [0.15, 0.2) is 0 Å². The molecule has 3 aromatic rings. The number of hydrogen-bond acceptors (Lipinski definition) is 7. The highest BCUT2D eigenvalue weighted by atomic mass is 32.2. The summed E-state index contributed by atoms with van der Waals surface area (Å²) in [5.41, 5.74) is 0.0189. The van der Waals surface area contributed by atoms with Gasteiger partial charge in [0.2, 0.25) is 0 Å². The van der Waals surface area contributed by atoms with Crippen LogP contribution in [0.5, 0.6) is 0 Å². The molecular formula is C34H43F4N5O3S. The summed E-state index contributed by atoms with van der Waals surface area (Å²) in [6.45, 7) is 4.15. The predicted molar refractivity (Wildman–Crippen MR) is 174 cm³/mol. The number of rotatable bonds is 2. The molecule has 256 valence electrons. The smallest absolute Gasteiger partial charge is 0.278 e. The van der Waals surface area contributed by atoms with E-state index in [1.54, 1.807) is 17.6 Å². The molecule has 1 N–H and O–H groups in total. The number of sulfone groups is 1. The van der Waals surface area contributed by atoms with Crippen molar-refractivity contribution in [3.05, 3.63) is 63.5 Å². The van der Waals surface area contributed by atoms with Crippen molar-refractivity contribution < 1.29 is 26.0 Å². The zero-order valence-electron chi connectivity index (χ0n) is 26.9. The number of aromatic nitrogens is 3. The van der Waals surface area contributed by atoms with Gasteiger partial charge in [0.05, 0.1) is 28.5 Å². The number of piperidine rings is 1. The third kappa shape index (κ3) is 6.79. The van der Waals surface area contributed by atoms with E-state index in [9.17, 15) is 17.6 Å². The monoisotopic (exact) mass is 677 g/mol. The molecule has 8 nitrogen and oxygen atoms in total. The third-order valence-corrected chi connectivity index (χ3v) is 12.3. The fraction of sp³-hybridized carbons (Fsp3) is 0.618. The first kappa shape index (κ1) is 33.8. The number of aryl methyl sites for hydroxylation is 1. The van der Waals surface area contributed by atoms with Crippen molar-refractivity contribution in [3.8, 4) is 0 Å². The number of alkyl halides is 3. The highest BCUT2D eigenvalue weighted by molar-refractivity contribution is 7.91. The first-order chi connectivity index (χ1) is 22.4. The highest BCUT2D eigenvalue weighted by Gasteiger charge is 2.46. The molecule has 0 radical (unpaired) electrons. The second kappa shape index (κ2) is 13.4. The van der Waals surface area contributed by atoms with Crippen LogP contribution in [-0.2, 0) is 22.3 Å². The quantitative estimate of drug-likeness (QED) is 0.310. The molecule has 2 aromatic heterocycles. The van der Waals surface area contributed by atoms with Gasteiger partial charge in [-0.15, -0.1) is 0 Å². The molecule has 3 atom stereocenters. The van der Waals surface area contributed by atoms with E-state index in [0.29, 0.717) is 74.2 Å². The van der Waals surface area contributed by atoms with Crippen molar-refractivity contribution in [3.63, 3.8) is 0 Å². The molecular weight excluding hydrogens is 634 g/mol. The molecule has 2 saturated heterocycles. The normalized spacial score (nSPS) is 27.7. The molecule has 4 aliphatic heterocycles. The van der Waals surface area contributed by atoms with Crippen LogP contribution in [0.2, 0.25) is 0 Å². The van der Waals surface area contributed by atoms with E-state index < -0.39 is 51.3 Å². The molecule has 47 heavy (non-hydrogen) atoms. The van der Waals surface area contributed by atoms with Gasteiger partial charge in [0.25, 0.3) is 11.5 Å². The molecule has 4 aliphatic rings. The van der Waals surface area contributed by atoms with Gasteiger partial charge in [-0.3, -0.25) is 14.3 Å². The lowest BCUT2D eigenvalue weighted by atomic mass is 9.84. The van der Waals surface area contributed by atoms with Gasteiger partial charge >= 0.3 is 0 Å². The van der Waals surface area contributed by atoms with E-state index in [4.69, 9.17) is 0 Å². The highest BCUT2D eigenvalue weighted by Crippen LogP contribution is 2.44. The lowest BCUT2D eigenvalue weighted by Crippen LogP contribution is -2.47. The van der Waals surface area contributed by atoms with Crippen LogP contribution in [0.4, 0.5) is 23.4 Å². The van der Waals surface area contributed by atoms with E-state index >= 15 is 13.2 Å². The van der Waals surface area contributed by atoms with Crippen molar-refractivity contribution in [1.82, 2.24) is 19.4 Å². The fourth-order valence-electron chi connectivity index (χ4n) is 7.76. The van der Waals surface area contributed by atoms with E-state index in [-0.39, 0.29) is 41.4 Å². The largest absolute Gasteiger partial charge is 0.363 e. The molecule has 7 rings (SSSR count). The van der Waals surface area contributed by atoms with Crippen LogP contribution < -0.4 is 10.9 Å². The maximum absolute atomic E-state index is 16.0. The summed E-state index contributed by atoms with van der Waals surface area (Å²) in [5, 5.41) is 3.71. The molecule has 8 bridgehead atoms. The Hall–Kier alpha value is -3.06. The van der Waals surface area contributed by atoms with Gasteiger partial charge in [-0.2, -0.15) is 0 Å². The maximum Gasteiger partial charge on any atom is 0.278 e. The molecule has 0 amide bonds. The number of anilines is 1. The SMILES string of the molecule is CC(F)C1CCCCCn2c(=O)c(C3CCS(=O)(=O)CC3)cc3c(ncnc32)N[C@H](C)c2cccc(c2F)C(F)(F)C2CCN1CC2. The Bertz CT molecular complexity index is 1760. The molecule has 6 heterocycles. The standard InChI is InChI=1S/C34H43F4N5O3S/c1-21(35)29-9-4-3-5-14-43-32-27(19-26(33(43)44)23-12-17-47(45,46)18-13-23)31(39-20-40-32)41-22(2)25-7-6-8-28(30(25)36)34(37,38)24-10-15-42(29)16-11-24/h6-8,19-24,29H,3-5,9-18H2,1-2H3,(H,39,40,41)/t21?,22-,29?/m1/s1. The Morgan fingerprint density at radius 2 is 1.70 bits per heavy atom. The van der Waals surface area contributed by atoms with Crippen LogP contribution in [0.1, 0.15) is 93.9 Å². The fourth-order valence-corrected chi connectivity index (χ4v) is 9.25. The first-order valence-electron chi connectivity index (χ1n) is 16.8. The van der Waals surface area contributed by atoms with Gasteiger partial charge in [-0.05, 0) is 77.4 Å². The third-order valence-electron chi connectivity index (χ3n) is 10.5. The number of benzene rings is 1. The van der Waals surface area contributed by atoms with Gasteiger partial charge < -0.3 is 5.32 Å². The van der Waals surface area contributed by atoms with Gasteiger partial charge in [0, 0.05) is 29.6 Å². The Kier molecular flexibility index (Phi) is 9.68. The van der Waals surface area contributed by atoms with Crippen LogP contribution in [0.3, 0.4) is 0 Å². The van der Waals surface area contributed by atoms with Crippen molar-refractivity contribution >= 4 is 26.7 Å². The van der Waals surface area contributed by atoms with Crippen molar-refractivity contribution in [2.45, 2.75) is 102 Å². The van der Waals surface area contributed by atoms with Crippen LogP contribution in [0.25, 0.3) is 11.0 Å². The second-order valence-electron chi connectivity index (χ2n) is 13.5. The lowest BCUT2D eigenvalue weighted by Gasteiger charge is -2.40. The van der Waals surface area contributed by atoms with Gasteiger partial charge in [-0.25, -0.2) is 35.9 Å². The van der Waals surface area contributed by atoms with Crippen LogP contribution >= 0.6 is 0 Å². The summed E-state index contributed by atoms with van der Waals surface area (Å²) in [6.07, 6.45) is 3.68. The zero-order chi connectivity index (χ0) is 33.5. The maximum atomic E-state index is 16.0. The molecule has 1 aromatic carbocycles. The van der Waals surface area contributed by atoms with E-state index in [2.05, 4.69) is 15.3 Å². The number of hydrogen-bond donors (Lipinski definition) is 1. The van der Waals surface area contributed by atoms with Crippen molar-refractivity contribution in [2.75, 3.05) is 29.9 Å². The van der Waals surface area contributed by atoms with Gasteiger partial charge in [-0.1, -0.05) is 31.0 Å². The van der Waals surface area contributed by atoms with Gasteiger partial charge in [0.1, 0.15) is 39.6 Å². The topological polar surface area (TPSA) is 97.2 Å². The average Bonchev–Trinajstić information content (AvgIpc) is 3.03. The van der Waals surface area contributed by atoms with Crippen molar-refractivity contribution in [1.29, 1.82) is 0 Å². The number of nitrogens with zero attached hydrogens (tertiary/aromatic N) is 4. The predicted octanol–water partition coefficient (Wildman–Crippen LogP) is 6.50. The summed E-state index contributed by atoms with van der Waals surface area (Å²) in [4.78, 5) is 24.8. The number of nitrogens with one attached hydrogen (secondary N) is 1.